The number of hydrogen-bond acceptors (Lipinski definition) is 3. The highest BCUT2D eigenvalue weighted by atomic mass is 31.2. The molecule has 1 aromatic carbocycles. The van der Waals surface area contributed by atoms with Crippen LogP contribution < -0.4 is 0 Å². The van der Waals surface area contributed by atoms with Crippen molar-refractivity contribution in [2.24, 2.45) is 11.8 Å². The van der Waals surface area contributed by atoms with E-state index in [1.54, 1.807) is 0 Å². The molecule has 4 nitrogen and oxygen atoms in total. The molecule has 156 valence electrons. The van der Waals surface area contributed by atoms with Gasteiger partial charge in [-0.1, -0.05) is 96.6 Å². The monoisotopic (exact) mass is 398 g/mol. The van der Waals surface area contributed by atoms with Crippen molar-refractivity contribution in [1.29, 1.82) is 0 Å². The number of benzene rings is 1. The molecule has 0 heterocycles. The van der Waals surface area contributed by atoms with Gasteiger partial charge in [0.15, 0.2) is 0 Å². The molecule has 0 aliphatic heterocycles. The van der Waals surface area contributed by atoms with Crippen LogP contribution >= 0.6 is 7.82 Å². The lowest BCUT2D eigenvalue weighted by Gasteiger charge is -2.21. The Morgan fingerprint density at radius 3 is 2.00 bits per heavy atom. The predicted molar refractivity (Wildman–Crippen MR) is 113 cm³/mol. The summed E-state index contributed by atoms with van der Waals surface area (Å²) in [7, 11) is -4.05. The molecule has 0 aromatic heterocycles. The summed E-state index contributed by atoms with van der Waals surface area (Å²) in [5.41, 5.74) is 0.928. The summed E-state index contributed by atoms with van der Waals surface area (Å²) in [6.45, 7) is 9.10. The summed E-state index contributed by atoms with van der Waals surface area (Å²) in [5.74, 6) is 1.37. The van der Waals surface area contributed by atoms with Crippen molar-refractivity contribution in [2.45, 2.75) is 85.2 Å². The van der Waals surface area contributed by atoms with E-state index in [4.69, 9.17) is 9.05 Å². The van der Waals surface area contributed by atoms with Crippen molar-refractivity contribution in [2.75, 3.05) is 6.61 Å². The smallest absolute Gasteiger partial charge is 0.302 e. The number of phosphoric acid groups is 1. The van der Waals surface area contributed by atoms with Crippen molar-refractivity contribution >= 4 is 7.82 Å². The number of hydrogen-bond donors (Lipinski definition) is 1. The van der Waals surface area contributed by atoms with E-state index in [2.05, 4.69) is 27.7 Å². The predicted octanol–water partition coefficient (Wildman–Crippen LogP) is 7.29. The van der Waals surface area contributed by atoms with Crippen LogP contribution in [0.25, 0.3) is 0 Å². The zero-order valence-electron chi connectivity index (χ0n) is 17.6. The van der Waals surface area contributed by atoms with Gasteiger partial charge < -0.3 is 4.89 Å². The van der Waals surface area contributed by atoms with Gasteiger partial charge in [0.05, 0.1) is 12.7 Å². The van der Waals surface area contributed by atoms with Crippen LogP contribution in [-0.4, -0.2) is 11.5 Å². The zero-order valence-corrected chi connectivity index (χ0v) is 18.5. The highest BCUT2D eigenvalue weighted by Crippen LogP contribution is 2.49. The van der Waals surface area contributed by atoms with Crippen LogP contribution in [-0.2, 0) is 13.6 Å². The van der Waals surface area contributed by atoms with Crippen molar-refractivity contribution < 1.29 is 18.5 Å². The molecule has 0 aliphatic rings. The molecular weight excluding hydrogens is 359 g/mol. The molecule has 1 aromatic rings. The van der Waals surface area contributed by atoms with Crippen molar-refractivity contribution in [3.8, 4) is 0 Å². The third-order valence-electron chi connectivity index (χ3n) is 4.61. The van der Waals surface area contributed by atoms with Crippen molar-refractivity contribution in [3.05, 3.63) is 35.9 Å². The molecule has 1 rings (SSSR count). The van der Waals surface area contributed by atoms with Crippen LogP contribution in [0.15, 0.2) is 30.3 Å². The summed E-state index contributed by atoms with van der Waals surface area (Å²) in [5, 5.41) is 0. The largest absolute Gasteiger partial charge is 0.472 e. The number of rotatable bonds is 15. The maximum absolute atomic E-state index is 12.4. The van der Waals surface area contributed by atoms with Gasteiger partial charge >= 0.3 is 7.82 Å². The minimum atomic E-state index is -4.05. The second kappa shape index (κ2) is 13.5. The second-order valence-corrected chi connectivity index (χ2v) is 9.63. The maximum Gasteiger partial charge on any atom is 0.472 e. The van der Waals surface area contributed by atoms with Gasteiger partial charge in [-0.3, -0.25) is 9.05 Å². The second-order valence-electron chi connectivity index (χ2n) is 8.23. The zero-order chi connectivity index (χ0) is 20.1. The van der Waals surface area contributed by atoms with Gasteiger partial charge in [-0.25, -0.2) is 4.57 Å². The van der Waals surface area contributed by atoms with Crippen LogP contribution in [0.3, 0.4) is 0 Å². The summed E-state index contributed by atoms with van der Waals surface area (Å²) in [4.78, 5) is 10.1. The molecular formula is C22H39O4P. The van der Waals surface area contributed by atoms with Crippen molar-refractivity contribution in [1.82, 2.24) is 0 Å². The molecule has 0 amide bonds. The molecule has 5 heteroatoms. The van der Waals surface area contributed by atoms with E-state index in [1.807, 2.05) is 30.3 Å². The van der Waals surface area contributed by atoms with Gasteiger partial charge in [0, 0.05) is 0 Å². The summed E-state index contributed by atoms with van der Waals surface area (Å²) >= 11 is 0. The highest BCUT2D eigenvalue weighted by Gasteiger charge is 2.27. The molecule has 0 saturated heterocycles. The van der Waals surface area contributed by atoms with Gasteiger partial charge in [-0.2, -0.15) is 0 Å². The fourth-order valence-electron chi connectivity index (χ4n) is 3.03. The first-order valence-corrected chi connectivity index (χ1v) is 12.0. The summed E-state index contributed by atoms with van der Waals surface area (Å²) in [6, 6.07) is 9.68. The van der Waals surface area contributed by atoms with Gasteiger partial charge in [-0.15, -0.1) is 0 Å². The lowest BCUT2D eigenvalue weighted by molar-refractivity contribution is 0.0962. The standard InChI is InChI=1S/C22H39O4P/c1-19(2)13-7-6-12-18-25-27(23,24)26-22(17-11-10-14-20(3)4)21-15-8-5-9-16-21/h5,8-9,15-16,19-20,22H,6-7,10-14,17-18H2,1-4H3,(H,23,24). The van der Waals surface area contributed by atoms with E-state index in [0.29, 0.717) is 11.8 Å². The minimum absolute atomic E-state index is 0.265. The summed E-state index contributed by atoms with van der Waals surface area (Å²) < 4.78 is 23.2. The van der Waals surface area contributed by atoms with Crippen LogP contribution in [0.4, 0.5) is 0 Å². The average molecular weight is 399 g/mol. The topological polar surface area (TPSA) is 55.8 Å². The quantitative estimate of drug-likeness (QED) is 0.249. The Balaban J connectivity index is 2.48. The van der Waals surface area contributed by atoms with Gasteiger partial charge in [0.25, 0.3) is 0 Å². The van der Waals surface area contributed by atoms with E-state index in [9.17, 15) is 9.46 Å². The first-order valence-electron chi connectivity index (χ1n) is 10.5. The average Bonchev–Trinajstić information content (AvgIpc) is 2.61. The third kappa shape index (κ3) is 12.4. The Kier molecular flexibility index (Phi) is 12.2. The molecule has 0 radical (unpaired) electrons. The minimum Gasteiger partial charge on any atom is -0.302 e. The fourth-order valence-corrected chi connectivity index (χ4v) is 4.00. The Hall–Kier alpha value is -0.670. The molecule has 2 unspecified atom stereocenters. The Labute approximate surface area is 166 Å². The number of phosphoric ester groups is 1. The molecule has 27 heavy (non-hydrogen) atoms. The molecule has 0 bridgehead atoms. The summed E-state index contributed by atoms with van der Waals surface area (Å²) in [6.07, 6.45) is 7.63. The van der Waals surface area contributed by atoms with E-state index < -0.39 is 13.9 Å². The lowest BCUT2D eigenvalue weighted by atomic mass is 10.0. The van der Waals surface area contributed by atoms with E-state index >= 15 is 0 Å². The van der Waals surface area contributed by atoms with E-state index in [1.165, 1.54) is 6.42 Å². The molecule has 2 atom stereocenters. The maximum atomic E-state index is 12.4. The molecule has 1 N–H and O–H groups in total. The molecule has 0 fully saturated rings. The van der Waals surface area contributed by atoms with E-state index in [-0.39, 0.29) is 6.61 Å². The first kappa shape index (κ1) is 24.4. The highest BCUT2D eigenvalue weighted by molar-refractivity contribution is 7.47. The Morgan fingerprint density at radius 2 is 1.41 bits per heavy atom. The van der Waals surface area contributed by atoms with Crippen LogP contribution in [0.1, 0.15) is 90.7 Å². The third-order valence-corrected chi connectivity index (χ3v) is 5.64. The number of unbranched alkanes of at least 4 members (excludes halogenated alkanes) is 3. The lowest BCUT2D eigenvalue weighted by Crippen LogP contribution is -2.06. The SMILES string of the molecule is CC(C)CCCCCOP(=O)(O)OC(CCCCC(C)C)c1ccccc1. The molecule has 0 spiro atoms. The van der Waals surface area contributed by atoms with Gasteiger partial charge in [-0.05, 0) is 30.2 Å². The molecule has 0 saturated carbocycles. The first-order chi connectivity index (χ1) is 12.8. The van der Waals surface area contributed by atoms with Crippen LogP contribution in [0.2, 0.25) is 0 Å². The fraction of sp³-hybridized carbons (Fsp3) is 0.727. The Morgan fingerprint density at radius 1 is 0.852 bits per heavy atom. The van der Waals surface area contributed by atoms with Gasteiger partial charge in [0.1, 0.15) is 0 Å². The van der Waals surface area contributed by atoms with Crippen LogP contribution in [0, 0.1) is 11.8 Å². The molecule has 0 aliphatic carbocycles. The Bertz CT molecular complexity index is 530. The van der Waals surface area contributed by atoms with Gasteiger partial charge in [0.2, 0.25) is 0 Å². The van der Waals surface area contributed by atoms with Crippen molar-refractivity contribution in [3.63, 3.8) is 0 Å². The normalized spacial score (nSPS) is 15.2. The van der Waals surface area contributed by atoms with E-state index in [0.717, 1.165) is 50.5 Å². The van der Waals surface area contributed by atoms with Crippen LogP contribution in [0.5, 0.6) is 0 Å².